The first-order chi connectivity index (χ1) is 9.72. The van der Waals surface area contributed by atoms with E-state index in [0.29, 0.717) is 12.4 Å². The van der Waals surface area contributed by atoms with E-state index in [1.165, 1.54) is 0 Å². The van der Waals surface area contributed by atoms with Crippen LogP contribution in [0.1, 0.15) is 24.4 Å². The van der Waals surface area contributed by atoms with Crippen molar-refractivity contribution in [3.05, 3.63) is 17.6 Å². The molecule has 1 N–H and O–H groups in total. The van der Waals surface area contributed by atoms with E-state index >= 15 is 0 Å². The topological polar surface area (TPSA) is 67.3 Å². The van der Waals surface area contributed by atoms with Gasteiger partial charge in [-0.1, -0.05) is 0 Å². The van der Waals surface area contributed by atoms with E-state index in [9.17, 15) is 4.79 Å². The number of amides is 1. The van der Waals surface area contributed by atoms with Gasteiger partial charge >= 0.3 is 0 Å². The van der Waals surface area contributed by atoms with Gasteiger partial charge in [-0.25, -0.2) is 9.97 Å². The molecule has 20 heavy (non-hydrogen) atoms. The van der Waals surface area contributed by atoms with E-state index in [2.05, 4.69) is 20.2 Å². The third-order valence-electron chi connectivity index (χ3n) is 3.59. The molecule has 2 aliphatic rings. The van der Waals surface area contributed by atoms with Crippen LogP contribution in [0, 0.1) is 12.8 Å². The Morgan fingerprint density at radius 1 is 1.40 bits per heavy atom. The van der Waals surface area contributed by atoms with Crippen LogP contribution >= 0.6 is 0 Å². The van der Waals surface area contributed by atoms with Crippen molar-refractivity contribution in [3.63, 3.8) is 0 Å². The molecular weight excluding hydrogens is 256 g/mol. The van der Waals surface area contributed by atoms with E-state index in [4.69, 9.17) is 4.74 Å². The Balaban J connectivity index is 1.67. The summed E-state index contributed by atoms with van der Waals surface area (Å²) in [5.74, 6) is 1.96. The van der Waals surface area contributed by atoms with Crippen LogP contribution < -0.4 is 10.2 Å². The van der Waals surface area contributed by atoms with Gasteiger partial charge in [0.1, 0.15) is 11.6 Å². The quantitative estimate of drug-likeness (QED) is 0.874. The molecule has 1 amide bonds. The summed E-state index contributed by atoms with van der Waals surface area (Å²) in [6.45, 7) is 5.54. The molecule has 1 aliphatic carbocycles. The first-order valence-electron chi connectivity index (χ1n) is 7.17. The Morgan fingerprint density at radius 3 is 2.85 bits per heavy atom. The highest BCUT2D eigenvalue weighted by molar-refractivity contribution is 5.80. The molecule has 1 aromatic rings. The zero-order valence-electron chi connectivity index (χ0n) is 11.8. The zero-order chi connectivity index (χ0) is 13.9. The van der Waals surface area contributed by atoms with Gasteiger partial charge in [0.05, 0.1) is 19.8 Å². The van der Waals surface area contributed by atoms with Crippen LogP contribution in [0.4, 0.5) is 5.82 Å². The van der Waals surface area contributed by atoms with Crippen molar-refractivity contribution < 1.29 is 9.53 Å². The summed E-state index contributed by atoms with van der Waals surface area (Å²) < 4.78 is 5.35. The van der Waals surface area contributed by atoms with Crippen molar-refractivity contribution in [3.8, 4) is 0 Å². The molecule has 0 aromatic carbocycles. The number of rotatable bonds is 4. The largest absolute Gasteiger partial charge is 0.378 e. The Hall–Kier alpha value is -1.69. The molecule has 1 saturated carbocycles. The fraction of sp³-hybridized carbons (Fsp3) is 0.643. The number of morpholine rings is 1. The lowest BCUT2D eigenvalue weighted by Crippen LogP contribution is -2.37. The van der Waals surface area contributed by atoms with Crippen LogP contribution in [0.3, 0.4) is 0 Å². The Bertz CT molecular complexity index is 496. The van der Waals surface area contributed by atoms with Crippen LogP contribution in [0.2, 0.25) is 0 Å². The first-order valence-corrected chi connectivity index (χ1v) is 7.17. The second-order valence-corrected chi connectivity index (χ2v) is 5.38. The molecule has 0 spiro atoms. The second kappa shape index (κ2) is 5.75. The summed E-state index contributed by atoms with van der Waals surface area (Å²) in [7, 11) is 0. The summed E-state index contributed by atoms with van der Waals surface area (Å²) in [6, 6.07) is 1.98. The molecule has 108 valence electrons. The van der Waals surface area contributed by atoms with Crippen molar-refractivity contribution in [2.24, 2.45) is 5.92 Å². The highest BCUT2D eigenvalue weighted by Crippen LogP contribution is 2.28. The molecule has 2 heterocycles. The normalized spacial score (nSPS) is 18.9. The molecule has 6 heteroatoms. The van der Waals surface area contributed by atoms with Crippen LogP contribution in [0.25, 0.3) is 0 Å². The Morgan fingerprint density at radius 2 is 2.15 bits per heavy atom. The third kappa shape index (κ3) is 3.25. The molecular formula is C14H20N4O2. The maximum absolute atomic E-state index is 11.7. The SMILES string of the molecule is Cc1cc(N2CCOCC2)nc(CNC(=O)C2CC2)n1. The molecule has 0 atom stereocenters. The van der Waals surface area contributed by atoms with Crippen molar-refractivity contribution in [1.29, 1.82) is 0 Å². The van der Waals surface area contributed by atoms with Gasteiger partial charge in [-0.3, -0.25) is 4.79 Å². The van der Waals surface area contributed by atoms with Gasteiger partial charge in [0.2, 0.25) is 5.91 Å². The predicted molar refractivity (Wildman–Crippen MR) is 74.4 cm³/mol. The molecule has 0 unspecified atom stereocenters. The smallest absolute Gasteiger partial charge is 0.223 e. The van der Waals surface area contributed by atoms with E-state index in [0.717, 1.165) is 50.7 Å². The molecule has 1 aliphatic heterocycles. The van der Waals surface area contributed by atoms with Crippen LogP contribution in [-0.2, 0) is 16.1 Å². The zero-order valence-corrected chi connectivity index (χ0v) is 11.8. The maximum Gasteiger partial charge on any atom is 0.223 e. The lowest BCUT2D eigenvalue weighted by molar-refractivity contribution is -0.122. The summed E-state index contributed by atoms with van der Waals surface area (Å²) in [6.07, 6.45) is 2.03. The highest BCUT2D eigenvalue weighted by Gasteiger charge is 2.29. The summed E-state index contributed by atoms with van der Waals surface area (Å²) in [5.41, 5.74) is 0.928. The van der Waals surface area contributed by atoms with Gasteiger partial charge in [-0.15, -0.1) is 0 Å². The molecule has 1 saturated heterocycles. The van der Waals surface area contributed by atoms with Crippen molar-refractivity contribution in [2.75, 3.05) is 31.2 Å². The number of anilines is 1. The Labute approximate surface area is 118 Å². The van der Waals surface area contributed by atoms with E-state index in [1.807, 2.05) is 13.0 Å². The second-order valence-electron chi connectivity index (χ2n) is 5.38. The monoisotopic (exact) mass is 276 g/mol. The summed E-state index contributed by atoms with van der Waals surface area (Å²) in [5, 5.41) is 2.91. The maximum atomic E-state index is 11.7. The number of aromatic nitrogens is 2. The average molecular weight is 276 g/mol. The number of nitrogens with one attached hydrogen (secondary N) is 1. The van der Waals surface area contributed by atoms with Crippen LogP contribution in [0.15, 0.2) is 6.07 Å². The molecule has 2 fully saturated rings. The van der Waals surface area contributed by atoms with Gasteiger partial charge in [0.25, 0.3) is 0 Å². The summed E-state index contributed by atoms with van der Waals surface area (Å²) in [4.78, 5) is 22.8. The fourth-order valence-corrected chi connectivity index (χ4v) is 2.30. The van der Waals surface area contributed by atoms with E-state index in [1.54, 1.807) is 0 Å². The van der Waals surface area contributed by atoms with Gasteiger partial charge in [0, 0.05) is 30.8 Å². The van der Waals surface area contributed by atoms with Crippen molar-refractivity contribution in [2.45, 2.75) is 26.3 Å². The predicted octanol–water partition coefficient (Wildman–Crippen LogP) is 0.648. The lowest BCUT2D eigenvalue weighted by Gasteiger charge is -2.28. The van der Waals surface area contributed by atoms with Gasteiger partial charge in [0.15, 0.2) is 0 Å². The highest BCUT2D eigenvalue weighted by atomic mass is 16.5. The summed E-state index contributed by atoms with van der Waals surface area (Å²) >= 11 is 0. The lowest BCUT2D eigenvalue weighted by atomic mass is 10.3. The molecule has 0 radical (unpaired) electrons. The van der Waals surface area contributed by atoms with Gasteiger partial charge < -0.3 is 15.0 Å². The number of hydrogen-bond donors (Lipinski definition) is 1. The van der Waals surface area contributed by atoms with Crippen LogP contribution in [0.5, 0.6) is 0 Å². The van der Waals surface area contributed by atoms with Crippen molar-refractivity contribution >= 4 is 11.7 Å². The number of carbonyl (C=O) groups excluding carboxylic acids is 1. The number of aryl methyl sites for hydroxylation is 1. The molecule has 1 aromatic heterocycles. The van der Waals surface area contributed by atoms with Crippen molar-refractivity contribution in [1.82, 2.24) is 15.3 Å². The minimum Gasteiger partial charge on any atom is -0.378 e. The minimum atomic E-state index is 0.128. The van der Waals surface area contributed by atoms with Crippen LogP contribution in [-0.4, -0.2) is 42.2 Å². The molecule has 0 bridgehead atoms. The number of ether oxygens (including phenoxy) is 1. The molecule has 6 nitrogen and oxygen atoms in total. The average Bonchev–Trinajstić information content (AvgIpc) is 3.30. The van der Waals surface area contributed by atoms with Gasteiger partial charge in [-0.05, 0) is 19.8 Å². The Kier molecular flexibility index (Phi) is 3.82. The molecule has 3 rings (SSSR count). The fourth-order valence-electron chi connectivity index (χ4n) is 2.30. The standard InChI is InChI=1S/C14H20N4O2/c1-10-8-13(18-4-6-20-7-5-18)17-12(16-10)9-15-14(19)11-2-3-11/h8,11H,2-7,9H2,1H3,(H,15,19). The van der Waals surface area contributed by atoms with E-state index in [-0.39, 0.29) is 11.8 Å². The van der Waals surface area contributed by atoms with Gasteiger partial charge in [-0.2, -0.15) is 0 Å². The number of carbonyl (C=O) groups is 1. The number of nitrogens with zero attached hydrogens (tertiary/aromatic N) is 3. The minimum absolute atomic E-state index is 0.128. The number of hydrogen-bond acceptors (Lipinski definition) is 5. The first kappa shape index (κ1) is 13.3. The third-order valence-corrected chi connectivity index (χ3v) is 3.59. The van der Waals surface area contributed by atoms with E-state index < -0.39 is 0 Å².